The highest BCUT2D eigenvalue weighted by Crippen LogP contribution is 2.29. The summed E-state index contributed by atoms with van der Waals surface area (Å²) in [6, 6.07) is 0. The molecule has 19 heavy (non-hydrogen) atoms. The summed E-state index contributed by atoms with van der Waals surface area (Å²) in [6.45, 7) is 13.4. The molecule has 4 heteroatoms. The molecule has 0 aromatic carbocycles. The molecule has 0 aromatic heterocycles. The zero-order valence-corrected chi connectivity index (χ0v) is 13.2. The highest BCUT2D eigenvalue weighted by molar-refractivity contribution is 5.72. The third kappa shape index (κ3) is 7.31. The van der Waals surface area contributed by atoms with Gasteiger partial charge in [-0.15, -0.1) is 0 Å². The lowest BCUT2D eigenvalue weighted by molar-refractivity contribution is -0.120. The summed E-state index contributed by atoms with van der Waals surface area (Å²) in [5.74, 6) is -0.00800. The van der Waals surface area contributed by atoms with Crippen molar-refractivity contribution in [2.45, 2.75) is 48.0 Å². The summed E-state index contributed by atoms with van der Waals surface area (Å²) in [4.78, 5) is 21.9. The van der Waals surface area contributed by atoms with Crippen LogP contribution < -0.4 is 5.32 Å². The van der Waals surface area contributed by atoms with Crippen molar-refractivity contribution in [1.29, 1.82) is 0 Å². The van der Waals surface area contributed by atoms with Gasteiger partial charge in [0.2, 0.25) is 5.91 Å². The molecule has 0 aliphatic heterocycles. The standard InChI is InChI=1S/C15H29NO3/c1-7-13(8-17)15(5,6)11-19-10-14(3,4)9-16-12(2)18/h8,13H,7,9-11H2,1-6H3,(H,16,18). The quantitative estimate of drug-likeness (QED) is 0.655. The van der Waals surface area contributed by atoms with E-state index in [0.717, 1.165) is 12.7 Å². The number of ether oxygens (including phenoxy) is 1. The van der Waals surface area contributed by atoms with Crippen LogP contribution in [0.25, 0.3) is 0 Å². The van der Waals surface area contributed by atoms with Gasteiger partial charge in [-0.1, -0.05) is 34.6 Å². The van der Waals surface area contributed by atoms with Crippen molar-refractivity contribution < 1.29 is 14.3 Å². The van der Waals surface area contributed by atoms with Crippen LogP contribution in [0.15, 0.2) is 0 Å². The fraction of sp³-hybridized carbons (Fsp3) is 0.867. The number of amides is 1. The Kier molecular flexibility index (Phi) is 7.27. The number of hydrogen-bond acceptors (Lipinski definition) is 3. The summed E-state index contributed by atoms with van der Waals surface area (Å²) in [5, 5.41) is 2.80. The van der Waals surface area contributed by atoms with Crippen molar-refractivity contribution >= 4 is 12.2 Å². The van der Waals surface area contributed by atoms with Gasteiger partial charge in [-0.25, -0.2) is 0 Å². The van der Waals surface area contributed by atoms with Gasteiger partial charge in [0, 0.05) is 24.8 Å². The van der Waals surface area contributed by atoms with Crippen LogP contribution in [-0.4, -0.2) is 32.0 Å². The summed E-state index contributed by atoms with van der Waals surface area (Å²) in [5.41, 5.74) is -0.259. The van der Waals surface area contributed by atoms with E-state index >= 15 is 0 Å². The first-order valence-electron chi connectivity index (χ1n) is 6.92. The molecule has 1 amide bonds. The molecule has 1 unspecified atom stereocenters. The molecule has 0 bridgehead atoms. The Hall–Kier alpha value is -0.900. The zero-order valence-electron chi connectivity index (χ0n) is 13.2. The Balaban J connectivity index is 4.19. The molecule has 0 aromatic rings. The minimum absolute atomic E-state index is 0.0194. The topological polar surface area (TPSA) is 55.4 Å². The van der Waals surface area contributed by atoms with E-state index in [0.29, 0.717) is 19.8 Å². The van der Waals surface area contributed by atoms with Crippen molar-refractivity contribution in [3.8, 4) is 0 Å². The average Bonchev–Trinajstić information content (AvgIpc) is 2.27. The second-order valence-electron chi connectivity index (χ2n) is 6.71. The highest BCUT2D eigenvalue weighted by atomic mass is 16.5. The van der Waals surface area contributed by atoms with Gasteiger partial charge in [0.25, 0.3) is 0 Å². The normalized spacial score (nSPS) is 14.0. The summed E-state index contributed by atoms with van der Waals surface area (Å²) >= 11 is 0. The van der Waals surface area contributed by atoms with Gasteiger partial charge in [-0.3, -0.25) is 4.79 Å². The molecule has 0 radical (unpaired) electrons. The SMILES string of the molecule is CCC(C=O)C(C)(C)COCC(C)(C)CNC(C)=O. The number of carbonyl (C=O) groups excluding carboxylic acids is 2. The van der Waals surface area contributed by atoms with Gasteiger partial charge in [0.15, 0.2) is 0 Å². The van der Waals surface area contributed by atoms with Gasteiger partial charge in [0.05, 0.1) is 13.2 Å². The molecular formula is C15H29NO3. The fourth-order valence-electron chi connectivity index (χ4n) is 1.95. The Morgan fingerprint density at radius 1 is 1.26 bits per heavy atom. The van der Waals surface area contributed by atoms with Crippen molar-refractivity contribution in [1.82, 2.24) is 5.32 Å². The van der Waals surface area contributed by atoms with Gasteiger partial charge >= 0.3 is 0 Å². The number of aldehydes is 1. The van der Waals surface area contributed by atoms with Crippen LogP contribution >= 0.6 is 0 Å². The maximum absolute atomic E-state index is 11.0. The Labute approximate surface area is 117 Å². The minimum atomic E-state index is -0.152. The van der Waals surface area contributed by atoms with Gasteiger partial charge in [0.1, 0.15) is 6.29 Å². The van der Waals surface area contributed by atoms with E-state index in [1.54, 1.807) is 0 Å². The first-order valence-corrected chi connectivity index (χ1v) is 6.92. The summed E-state index contributed by atoms with van der Waals surface area (Å²) in [7, 11) is 0. The Morgan fingerprint density at radius 2 is 1.84 bits per heavy atom. The molecule has 0 saturated carbocycles. The van der Waals surface area contributed by atoms with Crippen LogP contribution in [-0.2, 0) is 14.3 Å². The Morgan fingerprint density at radius 3 is 2.26 bits per heavy atom. The molecule has 0 fully saturated rings. The molecule has 0 spiro atoms. The van der Waals surface area contributed by atoms with Crippen LogP contribution in [0.4, 0.5) is 0 Å². The highest BCUT2D eigenvalue weighted by Gasteiger charge is 2.29. The third-order valence-electron chi connectivity index (χ3n) is 3.39. The summed E-state index contributed by atoms with van der Waals surface area (Å²) < 4.78 is 5.77. The van der Waals surface area contributed by atoms with E-state index < -0.39 is 0 Å². The lowest BCUT2D eigenvalue weighted by Gasteiger charge is -2.32. The van der Waals surface area contributed by atoms with Crippen LogP contribution in [0.3, 0.4) is 0 Å². The van der Waals surface area contributed by atoms with Crippen LogP contribution in [0.1, 0.15) is 48.0 Å². The first kappa shape index (κ1) is 18.1. The third-order valence-corrected chi connectivity index (χ3v) is 3.39. The number of carbonyl (C=O) groups is 2. The van der Waals surface area contributed by atoms with Crippen molar-refractivity contribution in [2.24, 2.45) is 16.7 Å². The van der Waals surface area contributed by atoms with E-state index in [9.17, 15) is 9.59 Å². The predicted molar refractivity (Wildman–Crippen MR) is 76.9 cm³/mol. The number of rotatable bonds is 9. The van der Waals surface area contributed by atoms with Crippen molar-refractivity contribution in [2.75, 3.05) is 19.8 Å². The molecular weight excluding hydrogens is 242 g/mol. The molecule has 0 aliphatic rings. The maximum Gasteiger partial charge on any atom is 0.216 e. The largest absolute Gasteiger partial charge is 0.380 e. The monoisotopic (exact) mass is 271 g/mol. The van der Waals surface area contributed by atoms with E-state index in [1.165, 1.54) is 6.92 Å². The smallest absolute Gasteiger partial charge is 0.216 e. The molecule has 0 rings (SSSR count). The average molecular weight is 271 g/mol. The second kappa shape index (κ2) is 7.63. The fourth-order valence-corrected chi connectivity index (χ4v) is 1.95. The number of hydrogen-bond donors (Lipinski definition) is 1. The zero-order chi connectivity index (χ0) is 15.1. The molecule has 0 heterocycles. The van der Waals surface area contributed by atoms with E-state index in [2.05, 4.69) is 19.2 Å². The molecule has 0 aliphatic carbocycles. The van der Waals surface area contributed by atoms with Crippen molar-refractivity contribution in [3.05, 3.63) is 0 Å². The van der Waals surface area contributed by atoms with Crippen LogP contribution in [0.2, 0.25) is 0 Å². The van der Waals surface area contributed by atoms with E-state index in [4.69, 9.17) is 4.74 Å². The lowest BCUT2D eigenvalue weighted by Crippen LogP contribution is -2.37. The second-order valence-corrected chi connectivity index (χ2v) is 6.71. The molecule has 0 saturated heterocycles. The first-order chi connectivity index (χ1) is 8.64. The van der Waals surface area contributed by atoms with E-state index in [1.807, 2.05) is 20.8 Å². The maximum atomic E-state index is 11.0. The van der Waals surface area contributed by atoms with E-state index in [-0.39, 0.29) is 22.7 Å². The molecule has 112 valence electrons. The summed E-state index contributed by atoms with van der Waals surface area (Å²) in [6.07, 6.45) is 1.85. The molecule has 1 N–H and O–H groups in total. The van der Waals surface area contributed by atoms with Gasteiger partial charge in [-0.05, 0) is 11.8 Å². The predicted octanol–water partition coefficient (Wildman–Crippen LogP) is 2.42. The van der Waals surface area contributed by atoms with Crippen LogP contribution in [0, 0.1) is 16.7 Å². The van der Waals surface area contributed by atoms with Gasteiger partial charge < -0.3 is 14.8 Å². The molecule has 4 nitrogen and oxygen atoms in total. The number of nitrogens with one attached hydrogen (secondary N) is 1. The van der Waals surface area contributed by atoms with Gasteiger partial charge in [-0.2, -0.15) is 0 Å². The van der Waals surface area contributed by atoms with Crippen molar-refractivity contribution in [3.63, 3.8) is 0 Å². The van der Waals surface area contributed by atoms with Crippen LogP contribution in [0.5, 0.6) is 0 Å². The Bertz CT molecular complexity index is 298. The lowest BCUT2D eigenvalue weighted by atomic mass is 9.79. The minimum Gasteiger partial charge on any atom is -0.380 e. The molecule has 1 atom stereocenters.